The van der Waals surface area contributed by atoms with Crippen LogP contribution in [-0.4, -0.2) is 50.5 Å². The monoisotopic (exact) mass is 578 g/mol. The maximum atomic E-state index is 14.2. The molecule has 0 saturated heterocycles. The standard InChI is InChI=1S/C32H39N2O6P/c1-23(2)20-28(21-41(38,40-5)22-33-30(35)27-14-10-7-11-15-27)31(36)34(24(3)32(37)39-4)29-18-16-26(17-19-29)25-12-8-6-9-13-25/h6-19,23-24,28H,20-22H2,1-5H3,(H,33,35)/t24-,28?,41?/m0/s1. The SMILES string of the molecule is COC(=O)[C@H](C)N(C(=O)C(CC(C)C)CP(=O)(CNC(=O)c1ccccc1)OC)c1ccc(-c2ccccc2)cc1. The minimum atomic E-state index is -3.48. The van der Waals surface area contributed by atoms with Gasteiger partial charge in [-0.25, -0.2) is 4.79 Å². The molecule has 1 N–H and O–H groups in total. The van der Waals surface area contributed by atoms with Gasteiger partial charge in [0, 0.05) is 30.4 Å². The minimum absolute atomic E-state index is 0.0869. The fraction of sp³-hybridized carbons (Fsp3) is 0.344. The van der Waals surface area contributed by atoms with Gasteiger partial charge in [-0.15, -0.1) is 0 Å². The molecule has 8 nitrogen and oxygen atoms in total. The van der Waals surface area contributed by atoms with E-state index in [4.69, 9.17) is 9.26 Å². The van der Waals surface area contributed by atoms with Crippen LogP contribution >= 0.6 is 7.37 Å². The lowest BCUT2D eigenvalue weighted by Gasteiger charge is -2.33. The van der Waals surface area contributed by atoms with Crippen LogP contribution in [0.2, 0.25) is 0 Å². The zero-order chi connectivity index (χ0) is 30.0. The largest absolute Gasteiger partial charge is 0.467 e. The van der Waals surface area contributed by atoms with Gasteiger partial charge in [-0.2, -0.15) is 0 Å². The molecule has 0 saturated carbocycles. The summed E-state index contributed by atoms with van der Waals surface area (Å²) in [5.41, 5.74) is 2.94. The Morgan fingerprint density at radius 3 is 1.93 bits per heavy atom. The van der Waals surface area contributed by atoms with E-state index >= 15 is 0 Å². The highest BCUT2D eigenvalue weighted by Crippen LogP contribution is 2.48. The van der Waals surface area contributed by atoms with E-state index in [0.29, 0.717) is 17.7 Å². The highest BCUT2D eigenvalue weighted by Gasteiger charge is 2.38. The van der Waals surface area contributed by atoms with Crippen LogP contribution in [0.15, 0.2) is 84.9 Å². The maximum Gasteiger partial charge on any atom is 0.328 e. The molecule has 0 aromatic heterocycles. The number of hydrogen-bond donors (Lipinski definition) is 1. The molecule has 9 heteroatoms. The zero-order valence-electron chi connectivity index (χ0n) is 24.3. The summed E-state index contributed by atoms with van der Waals surface area (Å²) in [7, 11) is -0.876. The summed E-state index contributed by atoms with van der Waals surface area (Å²) in [4.78, 5) is 40.9. The number of carbonyl (C=O) groups excluding carboxylic acids is 3. The van der Waals surface area contributed by atoms with E-state index in [1.54, 1.807) is 49.4 Å². The predicted molar refractivity (Wildman–Crippen MR) is 162 cm³/mol. The highest BCUT2D eigenvalue weighted by atomic mass is 31.2. The molecule has 0 aliphatic heterocycles. The fourth-order valence-electron chi connectivity index (χ4n) is 4.71. The molecule has 3 rings (SSSR count). The molecule has 0 aliphatic rings. The molecule has 3 aromatic carbocycles. The van der Waals surface area contributed by atoms with Gasteiger partial charge in [0.1, 0.15) is 6.04 Å². The van der Waals surface area contributed by atoms with Crippen molar-refractivity contribution in [3.05, 3.63) is 90.5 Å². The zero-order valence-corrected chi connectivity index (χ0v) is 25.2. The van der Waals surface area contributed by atoms with Crippen molar-refractivity contribution in [2.75, 3.05) is 31.6 Å². The average Bonchev–Trinajstić information content (AvgIpc) is 3.00. The van der Waals surface area contributed by atoms with Crippen LogP contribution in [0.1, 0.15) is 37.6 Å². The lowest BCUT2D eigenvalue weighted by molar-refractivity contribution is -0.143. The van der Waals surface area contributed by atoms with Crippen LogP contribution in [0, 0.1) is 11.8 Å². The summed E-state index contributed by atoms with van der Waals surface area (Å²) in [6.07, 6.45) is 0.0881. The van der Waals surface area contributed by atoms with Gasteiger partial charge in [0.2, 0.25) is 13.3 Å². The van der Waals surface area contributed by atoms with E-state index in [-0.39, 0.29) is 30.2 Å². The highest BCUT2D eigenvalue weighted by molar-refractivity contribution is 7.59. The van der Waals surface area contributed by atoms with Gasteiger partial charge < -0.3 is 14.6 Å². The first-order valence-electron chi connectivity index (χ1n) is 13.6. The Kier molecular flexibility index (Phi) is 11.4. The van der Waals surface area contributed by atoms with E-state index in [0.717, 1.165) is 11.1 Å². The number of anilines is 1. The van der Waals surface area contributed by atoms with E-state index in [2.05, 4.69) is 5.32 Å². The minimum Gasteiger partial charge on any atom is -0.467 e. The molecule has 0 fully saturated rings. The number of carbonyl (C=O) groups is 3. The first-order chi connectivity index (χ1) is 19.6. The molecule has 0 radical (unpaired) electrons. The molecule has 3 aromatic rings. The van der Waals surface area contributed by atoms with Crippen molar-refractivity contribution in [1.82, 2.24) is 5.32 Å². The van der Waals surface area contributed by atoms with Gasteiger partial charge in [-0.3, -0.25) is 19.1 Å². The molecular weight excluding hydrogens is 539 g/mol. The number of rotatable bonds is 13. The average molecular weight is 579 g/mol. The van der Waals surface area contributed by atoms with Crippen LogP contribution in [0.3, 0.4) is 0 Å². The summed E-state index contributed by atoms with van der Waals surface area (Å²) in [5.74, 6) is -1.97. The van der Waals surface area contributed by atoms with Gasteiger partial charge in [0.15, 0.2) is 0 Å². The Morgan fingerprint density at radius 1 is 0.829 bits per heavy atom. The Hall–Kier alpha value is -3.74. The third-order valence-electron chi connectivity index (χ3n) is 6.87. The Labute approximate surface area is 242 Å². The van der Waals surface area contributed by atoms with E-state index in [9.17, 15) is 18.9 Å². The molecular formula is C32H39N2O6P. The fourth-order valence-corrected chi connectivity index (χ4v) is 6.47. The number of benzene rings is 3. The van der Waals surface area contributed by atoms with Crippen molar-refractivity contribution < 1.29 is 28.2 Å². The second-order valence-corrected chi connectivity index (χ2v) is 13.0. The number of ether oxygens (including phenoxy) is 1. The van der Waals surface area contributed by atoms with Gasteiger partial charge in [-0.05, 0) is 54.7 Å². The van der Waals surface area contributed by atoms with E-state index in [1.807, 2.05) is 56.3 Å². The summed E-state index contributed by atoms with van der Waals surface area (Å²) >= 11 is 0. The van der Waals surface area contributed by atoms with Crippen LogP contribution in [-0.2, 0) is 23.4 Å². The number of amides is 2. The van der Waals surface area contributed by atoms with Crippen LogP contribution in [0.5, 0.6) is 0 Å². The van der Waals surface area contributed by atoms with Crippen molar-refractivity contribution in [2.45, 2.75) is 33.2 Å². The molecule has 0 bridgehead atoms. The number of nitrogens with zero attached hydrogens (tertiary/aromatic N) is 1. The lowest BCUT2D eigenvalue weighted by Crippen LogP contribution is -2.48. The third kappa shape index (κ3) is 8.62. The molecule has 218 valence electrons. The van der Waals surface area contributed by atoms with Crippen molar-refractivity contribution >= 4 is 30.8 Å². The third-order valence-corrected chi connectivity index (χ3v) is 9.18. The van der Waals surface area contributed by atoms with Crippen molar-refractivity contribution in [3.8, 4) is 11.1 Å². The Morgan fingerprint density at radius 2 is 1.39 bits per heavy atom. The first-order valence-corrected chi connectivity index (χ1v) is 15.6. The van der Waals surface area contributed by atoms with Crippen LogP contribution in [0.25, 0.3) is 11.1 Å². The Balaban J connectivity index is 1.90. The number of nitrogens with one attached hydrogen (secondary N) is 1. The van der Waals surface area contributed by atoms with Crippen molar-refractivity contribution in [1.29, 1.82) is 0 Å². The van der Waals surface area contributed by atoms with Crippen LogP contribution in [0.4, 0.5) is 5.69 Å². The second-order valence-electron chi connectivity index (χ2n) is 10.4. The summed E-state index contributed by atoms with van der Waals surface area (Å²) in [6.45, 7) is 5.55. The van der Waals surface area contributed by atoms with Crippen molar-refractivity contribution in [2.24, 2.45) is 11.8 Å². The maximum absolute atomic E-state index is 14.2. The van der Waals surface area contributed by atoms with Gasteiger partial charge in [0.25, 0.3) is 5.91 Å². The molecule has 0 aliphatic carbocycles. The molecule has 0 spiro atoms. The lowest BCUT2D eigenvalue weighted by atomic mass is 9.96. The smallest absolute Gasteiger partial charge is 0.328 e. The number of esters is 1. The predicted octanol–water partition coefficient (Wildman–Crippen LogP) is 6.22. The van der Waals surface area contributed by atoms with Gasteiger partial charge in [0.05, 0.1) is 13.4 Å². The molecule has 41 heavy (non-hydrogen) atoms. The number of hydrogen-bond acceptors (Lipinski definition) is 6. The van der Waals surface area contributed by atoms with Gasteiger partial charge in [-0.1, -0.05) is 74.5 Å². The summed E-state index contributed by atoms with van der Waals surface area (Å²) in [5, 5.41) is 2.69. The topological polar surface area (TPSA) is 102 Å². The molecule has 0 heterocycles. The molecule has 3 atom stereocenters. The van der Waals surface area contributed by atoms with E-state index < -0.39 is 25.3 Å². The van der Waals surface area contributed by atoms with Crippen molar-refractivity contribution in [3.63, 3.8) is 0 Å². The first kappa shape index (κ1) is 31.8. The summed E-state index contributed by atoms with van der Waals surface area (Å²) < 4.78 is 24.3. The molecule has 2 unspecified atom stereocenters. The quantitative estimate of drug-likeness (QED) is 0.191. The summed E-state index contributed by atoms with van der Waals surface area (Å²) in [6, 6.07) is 24.9. The second kappa shape index (κ2) is 14.8. The van der Waals surface area contributed by atoms with E-state index in [1.165, 1.54) is 19.1 Å². The Bertz CT molecular complexity index is 1350. The van der Waals surface area contributed by atoms with Gasteiger partial charge >= 0.3 is 5.97 Å². The normalized spacial score (nSPS) is 14.0. The number of methoxy groups -OCH3 is 1. The van der Waals surface area contributed by atoms with Crippen LogP contribution < -0.4 is 10.2 Å². The molecule has 2 amide bonds.